The number of allylic oxidation sites excluding steroid dienone is 2. The first-order valence-electron chi connectivity index (χ1n) is 15.2. The van der Waals surface area contributed by atoms with E-state index in [4.69, 9.17) is 9.47 Å². The van der Waals surface area contributed by atoms with Crippen molar-refractivity contribution in [1.29, 1.82) is 0 Å². The number of aliphatic hydroxyl groups excluding tert-OH is 1. The molecule has 2 N–H and O–H groups in total. The van der Waals surface area contributed by atoms with Gasteiger partial charge in [-0.05, 0) is 56.1 Å². The summed E-state index contributed by atoms with van der Waals surface area (Å²) in [4.78, 5) is 41.7. The van der Waals surface area contributed by atoms with Crippen LogP contribution in [0.1, 0.15) is 56.1 Å². The molecule has 4 unspecified atom stereocenters. The molecule has 2 aromatic rings. The fourth-order valence-electron chi connectivity index (χ4n) is 5.67. The third-order valence-electron chi connectivity index (χ3n) is 8.07. The number of benzene rings is 2. The monoisotopic (exact) mass is 576 g/mol. The van der Waals surface area contributed by atoms with Crippen LogP contribution in [0, 0.1) is 11.8 Å². The molecule has 4 atom stereocenters. The number of ether oxygens (including phenoxy) is 2. The molecule has 0 bridgehead atoms. The van der Waals surface area contributed by atoms with Gasteiger partial charge in [0, 0.05) is 13.0 Å². The van der Waals surface area contributed by atoms with Gasteiger partial charge in [0.1, 0.15) is 6.61 Å². The van der Waals surface area contributed by atoms with Crippen molar-refractivity contribution in [3.63, 3.8) is 0 Å². The van der Waals surface area contributed by atoms with E-state index in [1.807, 2.05) is 72.8 Å². The lowest BCUT2D eigenvalue weighted by Crippen LogP contribution is -2.46. The van der Waals surface area contributed by atoms with E-state index >= 15 is 0 Å². The summed E-state index contributed by atoms with van der Waals surface area (Å²) >= 11 is 0. The fraction of sp³-hybridized carbons (Fsp3) is 0.500. The van der Waals surface area contributed by atoms with E-state index in [0.29, 0.717) is 32.4 Å². The van der Waals surface area contributed by atoms with Crippen LogP contribution < -0.4 is 5.32 Å². The first kappa shape index (κ1) is 31.4. The van der Waals surface area contributed by atoms with Crippen LogP contribution in [0.4, 0.5) is 0 Å². The maximum atomic E-state index is 13.6. The lowest BCUT2D eigenvalue weighted by Gasteiger charge is -2.27. The van der Waals surface area contributed by atoms with Crippen LogP contribution in [0.15, 0.2) is 72.8 Å². The van der Waals surface area contributed by atoms with Crippen molar-refractivity contribution < 1.29 is 29.0 Å². The van der Waals surface area contributed by atoms with E-state index in [-0.39, 0.29) is 56.0 Å². The highest BCUT2D eigenvalue weighted by Gasteiger charge is 2.32. The molecule has 0 aromatic heterocycles. The van der Waals surface area contributed by atoms with Gasteiger partial charge >= 0.3 is 5.97 Å². The van der Waals surface area contributed by atoms with E-state index in [1.165, 1.54) is 0 Å². The maximum absolute atomic E-state index is 13.6. The highest BCUT2D eigenvalue weighted by molar-refractivity contribution is 5.86. The van der Waals surface area contributed by atoms with Crippen LogP contribution in [0.2, 0.25) is 0 Å². The van der Waals surface area contributed by atoms with Gasteiger partial charge in [-0.2, -0.15) is 0 Å². The van der Waals surface area contributed by atoms with E-state index in [2.05, 4.69) is 5.32 Å². The predicted octanol–water partition coefficient (Wildman–Crippen LogP) is 4.21. The van der Waals surface area contributed by atoms with Gasteiger partial charge in [0.25, 0.3) is 0 Å². The van der Waals surface area contributed by atoms with Crippen LogP contribution >= 0.6 is 0 Å². The number of carbonyl (C=O) groups excluding carboxylic acids is 3. The van der Waals surface area contributed by atoms with Crippen molar-refractivity contribution in [1.82, 2.24) is 10.2 Å². The second kappa shape index (κ2) is 16.8. The highest BCUT2D eigenvalue weighted by Crippen LogP contribution is 2.22. The number of likely N-dealkylation sites (tertiary alicyclic amines) is 1. The second-order valence-electron chi connectivity index (χ2n) is 11.3. The number of cyclic esters (lactones) is 1. The van der Waals surface area contributed by atoms with Crippen LogP contribution in [0.3, 0.4) is 0 Å². The summed E-state index contributed by atoms with van der Waals surface area (Å²) < 4.78 is 11.7. The number of aliphatic hydroxyl groups is 1. The molecule has 226 valence electrons. The Balaban J connectivity index is 1.46. The fourth-order valence-corrected chi connectivity index (χ4v) is 5.67. The molecule has 2 amide bonds. The van der Waals surface area contributed by atoms with Crippen LogP contribution in [0.5, 0.6) is 0 Å². The highest BCUT2D eigenvalue weighted by atomic mass is 16.5. The van der Waals surface area contributed by atoms with Crippen LogP contribution in [0.25, 0.3) is 0 Å². The first-order chi connectivity index (χ1) is 20.5. The number of carbonyl (C=O) groups is 3. The van der Waals surface area contributed by atoms with Gasteiger partial charge in [0.2, 0.25) is 11.8 Å². The molecule has 1 fully saturated rings. The number of esters is 1. The second-order valence-corrected chi connectivity index (χ2v) is 11.3. The molecular weight excluding hydrogens is 532 g/mol. The minimum atomic E-state index is -0.574. The molecule has 0 radical (unpaired) electrons. The zero-order valence-corrected chi connectivity index (χ0v) is 24.4. The van der Waals surface area contributed by atoms with Crippen molar-refractivity contribution in [2.75, 3.05) is 26.4 Å². The van der Waals surface area contributed by atoms with Gasteiger partial charge in [-0.25, -0.2) is 0 Å². The molecule has 0 saturated carbocycles. The molecular formula is C34H44N2O6. The molecule has 0 spiro atoms. The Hall–Kier alpha value is -3.49. The number of nitrogens with one attached hydrogen (secondary N) is 1. The van der Waals surface area contributed by atoms with Crippen molar-refractivity contribution in [2.45, 2.75) is 70.1 Å². The Morgan fingerprint density at radius 3 is 2.43 bits per heavy atom. The Labute approximate surface area is 249 Å². The number of rotatable bonds is 9. The van der Waals surface area contributed by atoms with Crippen molar-refractivity contribution in [3.05, 3.63) is 83.9 Å². The van der Waals surface area contributed by atoms with E-state index in [9.17, 15) is 19.5 Å². The van der Waals surface area contributed by atoms with Crippen molar-refractivity contribution in [3.8, 4) is 0 Å². The van der Waals surface area contributed by atoms with Crippen molar-refractivity contribution >= 4 is 17.8 Å². The topological polar surface area (TPSA) is 105 Å². The molecule has 8 nitrogen and oxygen atoms in total. The molecule has 2 aliphatic rings. The molecule has 42 heavy (non-hydrogen) atoms. The Bertz CT molecular complexity index is 1160. The molecule has 1 saturated heterocycles. The standard InChI is InChI=1S/C34H44N2O6/c37-22-31-18-11-19-36(31)32(38)21-28-16-9-1-2-10-17-29(20-26-12-5-3-6-13-26)34(40)42-25-30(35-33(28)39)24-41-23-27-14-7-4-8-15-27/h1,3-9,12-15,28-31,37H,2,10-11,16-25H2,(H,35,39). The Morgan fingerprint density at radius 2 is 1.69 bits per heavy atom. The van der Waals surface area contributed by atoms with E-state index in [0.717, 1.165) is 36.8 Å². The largest absolute Gasteiger partial charge is 0.463 e. The van der Waals surface area contributed by atoms with E-state index in [1.54, 1.807) is 4.90 Å². The normalized spacial score (nSPS) is 24.1. The molecule has 0 aliphatic carbocycles. The number of amides is 2. The minimum absolute atomic E-state index is 0.0140. The third-order valence-corrected chi connectivity index (χ3v) is 8.07. The summed E-state index contributed by atoms with van der Waals surface area (Å²) in [5, 5.41) is 12.7. The SMILES string of the molecule is O=C1NC(COCc2ccccc2)COC(=O)C(Cc2ccccc2)CCCC=CCC1CC(=O)N1CCCC1CO. The zero-order chi connectivity index (χ0) is 29.6. The van der Waals surface area contributed by atoms with Gasteiger partial charge in [-0.15, -0.1) is 0 Å². The first-order valence-corrected chi connectivity index (χ1v) is 15.2. The smallest absolute Gasteiger partial charge is 0.309 e. The summed E-state index contributed by atoms with van der Waals surface area (Å²) in [6.45, 7) is 1.04. The van der Waals surface area contributed by atoms with Crippen molar-refractivity contribution in [2.24, 2.45) is 11.8 Å². The quantitative estimate of drug-likeness (QED) is 0.342. The average Bonchev–Trinajstić information content (AvgIpc) is 3.50. The minimum Gasteiger partial charge on any atom is -0.463 e. The van der Waals surface area contributed by atoms with Gasteiger partial charge in [-0.3, -0.25) is 14.4 Å². The Kier molecular flexibility index (Phi) is 12.6. The van der Waals surface area contributed by atoms with Crippen LogP contribution in [-0.4, -0.2) is 66.2 Å². The molecule has 2 aliphatic heterocycles. The molecule has 2 aromatic carbocycles. The van der Waals surface area contributed by atoms with Crippen LogP contribution in [-0.2, 0) is 36.9 Å². The summed E-state index contributed by atoms with van der Waals surface area (Å²) in [7, 11) is 0. The maximum Gasteiger partial charge on any atom is 0.309 e. The summed E-state index contributed by atoms with van der Waals surface area (Å²) in [6, 6.07) is 18.9. The number of hydrogen-bond donors (Lipinski definition) is 2. The van der Waals surface area contributed by atoms with E-state index < -0.39 is 12.0 Å². The number of hydrogen-bond acceptors (Lipinski definition) is 6. The summed E-state index contributed by atoms with van der Waals surface area (Å²) in [6.07, 6.45) is 9.00. The summed E-state index contributed by atoms with van der Waals surface area (Å²) in [5.41, 5.74) is 2.09. The number of nitrogens with zero attached hydrogens (tertiary/aromatic N) is 1. The predicted molar refractivity (Wildman–Crippen MR) is 160 cm³/mol. The lowest BCUT2D eigenvalue weighted by molar-refractivity contribution is -0.151. The third kappa shape index (κ3) is 9.81. The Morgan fingerprint density at radius 1 is 0.952 bits per heavy atom. The van der Waals surface area contributed by atoms with Gasteiger partial charge in [0.15, 0.2) is 0 Å². The molecule has 2 heterocycles. The van der Waals surface area contributed by atoms with Gasteiger partial charge in [0.05, 0.1) is 43.7 Å². The average molecular weight is 577 g/mol. The van der Waals surface area contributed by atoms with Gasteiger partial charge < -0.3 is 24.8 Å². The lowest BCUT2D eigenvalue weighted by atomic mass is 9.93. The molecule has 4 rings (SSSR count). The zero-order valence-electron chi connectivity index (χ0n) is 24.4. The van der Waals surface area contributed by atoms with Gasteiger partial charge in [-0.1, -0.05) is 72.8 Å². The molecule has 8 heteroatoms. The summed E-state index contributed by atoms with van der Waals surface area (Å²) in [5.74, 6) is -1.52.